The average molecular weight is 587 g/mol. The number of likely N-dealkylation sites (N-methyl/N-ethyl adjacent to an activating group) is 2. The van der Waals surface area contributed by atoms with Crippen LogP contribution in [0.5, 0.6) is 5.75 Å². The Hall–Kier alpha value is -3.76. The molecular formula is C32H47FN4O5. The smallest absolute Gasteiger partial charge is 0.245 e. The fourth-order valence-electron chi connectivity index (χ4n) is 4.08. The Bertz CT molecular complexity index is 1090. The highest BCUT2D eigenvalue weighted by Gasteiger charge is 2.35. The van der Waals surface area contributed by atoms with E-state index in [1.54, 1.807) is 26.1 Å². The first kappa shape index (κ1) is 36.3. The number of amides is 3. The van der Waals surface area contributed by atoms with Gasteiger partial charge in [-0.1, -0.05) is 68.3 Å². The van der Waals surface area contributed by atoms with Crippen LogP contribution in [0.1, 0.15) is 45.2 Å². The van der Waals surface area contributed by atoms with Crippen LogP contribution in [0.25, 0.3) is 6.08 Å². The summed E-state index contributed by atoms with van der Waals surface area (Å²) in [5.41, 5.74) is 1.97. The van der Waals surface area contributed by atoms with Crippen molar-refractivity contribution < 1.29 is 28.6 Å². The predicted octanol–water partition coefficient (Wildman–Crippen LogP) is 3.31. The molecule has 0 aliphatic heterocycles. The van der Waals surface area contributed by atoms with Crippen molar-refractivity contribution in [2.24, 2.45) is 5.92 Å². The second kappa shape index (κ2) is 20.2. The summed E-state index contributed by atoms with van der Waals surface area (Å²) in [6.45, 7) is 10.8. The molecule has 42 heavy (non-hydrogen) atoms. The first-order chi connectivity index (χ1) is 20.1. The predicted molar refractivity (Wildman–Crippen MR) is 164 cm³/mol. The van der Waals surface area contributed by atoms with Gasteiger partial charge < -0.3 is 30.7 Å². The summed E-state index contributed by atoms with van der Waals surface area (Å²) in [5.74, 6) is -0.0966. The minimum atomic E-state index is -1.01. The summed E-state index contributed by atoms with van der Waals surface area (Å²) >= 11 is 0. The average Bonchev–Trinajstić information content (AvgIpc) is 2.97. The van der Waals surface area contributed by atoms with E-state index in [4.69, 9.17) is 4.74 Å². The number of nitrogens with one attached hydrogen (secondary N) is 3. The van der Waals surface area contributed by atoms with Crippen molar-refractivity contribution in [1.29, 1.82) is 0 Å². The number of aryl methyl sites for hydroxylation is 1. The number of hydrogen-bond donors (Lipinski definition) is 4. The number of ether oxygens (including phenoxy) is 1. The quantitative estimate of drug-likeness (QED) is 0.177. The van der Waals surface area contributed by atoms with Crippen molar-refractivity contribution in [2.45, 2.75) is 59.2 Å². The highest BCUT2D eigenvalue weighted by atomic mass is 19.1. The van der Waals surface area contributed by atoms with E-state index in [-0.39, 0.29) is 23.5 Å². The number of aliphatic hydroxyl groups excluding tert-OH is 1. The van der Waals surface area contributed by atoms with Crippen LogP contribution < -0.4 is 20.7 Å². The molecule has 4 unspecified atom stereocenters. The first-order valence-electron chi connectivity index (χ1n) is 14.3. The van der Waals surface area contributed by atoms with Crippen LogP contribution >= 0.6 is 0 Å². The SMILES string of the molecule is CCNC(=O)C(C(C)O)N(C)C(=O)C(NCCOc1ccccc1/C=C/CNC=O)C(C)CC.Cc1ccc(F)cc1. The highest BCUT2D eigenvalue weighted by Crippen LogP contribution is 2.19. The van der Waals surface area contributed by atoms with E-state index in [0.717, 1.165) is 17.5 Å². The topological polar surface area (TPSA) is 120 Å². The van der Waals surface area contributed by atoms with Crippen molar-refractivity contribution in [2.75, 3.05) is 33.3 Å². The highest BCUT2D eigenvalue weighted by molar-refractivity contribution is 5.90. The Balaban J connectivity index is 0.000000942. The van der Waals surface area contributed by atoms with Crippen molar-refractivity contribution in [3.8, 4) is 5.75 Å². The van der Waals surface area contributed by atoms with Crippen molar-refractivity contribution in [1.82, 2.24) is 20.9 Å². The molecule has 2 aromatic carbocycles. The van der Waals surface area contributed by atoms with E-state index in [2.05, 4.69) is 16.0 Å². The molecule has 2 rings (SSSR count). The van der Waals surface area contributed by atoms with Gasteiger partial charge >= 0.3 is 0 Å². The number of carbonyl (C=O) groups excluding carboxylic acids is 3. The molecule has 0 aromatic heterocycles. The molecule has 0 bridgehead atoms. The number of para-hydroxylation sites is 1. The summed E-state index contributed by atoms with van der Waals surface area (Å²) in [6, 6.07) is 12.5. The molecule has 0 saturated carbocycles. The van der Waals surface area contributed by atoms with Crippen molar-refractivity contribution >= 4 is 24.3 Å². The van der Waals surface area contributed by atoms with Gasteiger partial charge in [0.25, 0.3) is 0 Å². The number of benzene rings is 2. The van der Waals surface area contributed by atoms with Gasteiger partial charge in [0.1, 0.15) is 24.2 Å². The van der Waals surface area contributed by atoms with Crippen LogP contribution in [0.2, 0.25) is 0 Å². The van der Waals surface area contributed by atoms with Crippen LogP contribution in [0.15, 0.2) is 54.6 Å². The largest absolute Gasteiger partial charge is 0.492 e. The van der Waals surface area contributed by atoms with Gasteiger partial charge in [-0.2, -0.15) is 0 Å². The molecular weight excluding hydrogens is 539 g/mol. The molecule has 2 aromatic rings. The maximum Gasteiger partial charge on any atom is 0.245 e. The molecule has 10 heteroatoms. The van der Waals surface area contributed by atoms with Gasteiger partial charge in [-0.3, -0.25) is 14.4 Å². The molecule has 0 fully saturated rings. The van der Waals surface area contributed by atoms with Crippen LogP contribution in [0.3, 0.4) is 0 Å². The molecule has 232 valence electrons. The number of aliphatic hydroxyl groups is 1. The van der Waals surface area contributed by atoms with Gasteiger partial charge in [0.05, 0.1) is 12.1 Å². The number of nitrogens with zero attached hydrogens (tertiary/aromatic N) is 1. The lowest BCUT2D eigenvalue weighted by Crippen LogP contribution is -2.58. The Morgan fingerprint density at radius 3 is 2.33 bits per heavy atom. The summed E-state index contributed by atoms with van der Waals surface area (Å²) < 4.78 is 18.0. The summed E-state index contributed by atoms with van der Waals surface area (Å²) in [5, 5.41) is 18.7. The minimum absolute atomic E-state index is 0.0133. The van der Waals surface area contributed by atoms with E-state index in [1.165, 1.54) is 24.0 Å². The number of rotatable bonds is 16. The number of hydrogen-bond acceptors (Lipinski definition) is 6. The van der Waals surface area contributed by atoms with E-state index >= 15 is 0 Å². The maximum absolute atomic E-state index is 13.3. The molecule has 9 nitrogen and oxygen atoms in total. The zero-order valence-electron chi connectivity index (χ0n) is 25.6. The molecule has 0 saturated heterocycles. The fraction of sp³-hybridized carbons (Fsp3) is 0.469. The molecule has 0 aliphatic carbocycles. The summed E-state index contributed by atoms with van der Waals surface area (Å²) in [6.07, 6.45) is 4.10. The Morgan fingerprint density at radius 2 is 1.76 bits per heavy atom. The lowest BCUT2D eigenvalue weighted by molar-refractivity contribution is -0.145. The van der Waals surface area contributed by atoms with Gasteiger partial charge in [0.15, 0.2) is 0 Å². The van der Waals surface area contributed by atoms with Crippen LogP contribution in [0.4, 0.5) is 4.39 Å². The molecule has 3 amide bonds. The molecule has 4 N–H and O–H groups in total. The maximum atomic E-state index is 13.3. The monoisotopic (exact) mass is 586 g/mol. The van der Waals surface area contributed by atoms with Gasteiger partial charge in [-0.05, 0) is 44.9 Å². The number of halogens is 1. The van der Waals surface area contributed by atoms with Gasteiger partial charge in [0, 0.05) is 32.2 Å². The molecule has 0 spiro atoms. The lowest BCUT2D eigenvalue weighted by Gasteiger charge is -2.34. The zero-order chi connectivity index (χ0) is 31.5. The summed E-state index contributed by atoms with van der Waals surface area (Å²) in [4.78, 5) is 37.4. The summed E-state index contributed by atoms with van der Waals surface area (Å²) in [7, 11) is 1.55. The molecule has 0 aliphatic rings. The third-order valence-electron chi connectivity index (χ3n) is 6.59. The second-order valence-electron chi connectivity index (χ2n) is 9.96. The first-order valence-corrected chi connectivity index (χ1v) is 14.3. The Kier molecular flexibility index (Phi) is 17.4. The van der Waals surface area contributed by atoms with E-state index < -0.39 is 18.2 Å². The zero-order valence-corrected chi connectivity index (χ0v) is 25.6. The standard InChI is InChI=1S/C25H40N4O5.C7H7F/c1-6-18(3)22(25(33)29(5)23(19(4)31)24(32)27-7-2)28-15-16-34-21-13-9-8-11-20(21)12-10-14-26-17-30;1-6-2-4-7(8)5-3-6/h8-13,17-19,22-23,28,31H,6-7,14-16H2,1-5H3,(H,26,30)(H,27,32);2-5H,1H3/b12-10+;. The van der Waals surface area contributed by atoms with E-state index in [0.29, 0.717) is 38.4 Å². The second-order valence-corrected chi connectivity index (χ2v) is 9.96. The number of carbonyl (C=O) groups is 3. The van der Waals surface area contributed by atoms with Crippen LogP contribution in [-0.2, 0) is 14.4 Å². The third-order valence-corrected chi connectivity index (χ3v) is 6.59. The minimum Gasteiger partial charge on any atom is -0.492 e. The van der Waals surface area contributed by atoms with Gasteiger partial charge in [0.2, 0.25) is 18.2 Å². The Morgan fingerprint density at radius 1 is 1.10 bits per heavy atom. The molecule has 0 heterocycles. The van der Waals surface area contributed by atoms with Gasteiger partial charge in [-0.25, -0.2) is 4.39 Å². The third kappa shape index (κ3) is 12.8. The van der Waals surface area contributed by atoms with Crippen molar-refractivity contribution in [3.63, 3.8) is 0 Å². The normalized spacial score (nSPS) is 13.6. The fourth-order valence-corrected chi connectivity index (χ4v) is 4.08. The van der Waals surface area contributed by atoms with E-state index in [1.807, 2.05) is 57.2 Å². The van der Waals surface area contributed by atoms with Gasteiger partial charge in [-0.15, -0.1) is 0 Å². The molecule has 0 radical (unpaired) electrons. The van der Waals surface area contributed by atoms with Crippen molar-refractivity contribution in [3.05, 3.63) is 71.6 Å². The lowest BCUT2D eigenvalue weighted by atomic mass is 9.96. The Labute approximate surface area is 249 Å². The molecule has 4 atom stereocenters. The van der Waals surface area contributed by atoms with E-state index in [9.17, 15) is 23.9 Å². The van der Waals surface area contributed by atoms with Crippen LogP contribution in [-0.4, -0.2) is 79.7 Å². The van der Waals surface area contributed by atoms with Crippen LogP contribution in [0, 0.1) is 18.7 Å².